The highest BCUT2D eigenvalue weighted by Gasteiger charge is 2.44. The van der Waals surface area contributed by atoms with Crippen LogP contribution in [0.5, 0.6) is 0 Å². The summed E-state index contributed by atoms with van der Waals surface area (Å²) in [7, 11) is 1.87. The van der Waals surface area contributed by atoms with Crippen molar-refractivity contribution >= 4 is 11.6 Å². The number of hydrogen-bond donors (Lipinski definition) is 0. The highest BCUT2D eigenvalue weighted by molar-refractivity contribution is 6.10. The molecule has 1 aromatic heterocycles. The van der Waals surface area contributed by atoms with Crippen LogP contribution in [0, 0.1) is 0 Å². The van der Waals surface area contributed by atoms with Crippen LogP contribution in [-0.2, 0) is 42.9 Å². The molecule has 3 aliphatic rings. The van der Waals surface area contributed by atoms with Crippen molar-refractivity contribution in [2.45, 2.75) is 50.1 Å². The van der Waals surface area contributed by atoms with Gasteiger partial charge in [0.1, 0.15) is 17.8 Å². The van der Waals surface area contributed by atoms with Gasteiger partial charge in [-0.2, -0.15) is 13.2 Å². The molecule has 0 aliphatic carbocycles. The number of fused-ring (bicyclic) bond motifs is 1. The molecule has 3 aromatic rings. The largest absolute Gasteiger partial charge is 0.416 e. The summed E-state index contributed by atoms with van der Waals surface area (Å²) in [5.74, 6) is 0.320. The number of carbonyl (C=O) groups excluding carboxylic acids is 1. The topological polar surface area (TPSA) is 63.5 Å². The minimum Gasteiger partial charge on any atom is -0.379 e. The number of nitrogens with zero attached hydrogens (tertiary/aromatic N) is 5. The molecule has 7 nitrogen and oxygen atoms in total. The summed E-state index contributed by atoms with van der Waals surface area (Å²) in [4.78, 5) is 16.7. The highest BCUT2D eigenvalue weighted by atomic mass is 19.4. The molecule has 11 heteroatoms. The number of alkyl halides is 4. The normalized spacial score (nSPS) is 22.8. The quantitative estimate of drug-likeness (QED) is 0.431. The van der Waals surface area contributed by atoms with Crippen molar-refractivity contribution in [2.75, 3.05) is 31.2 Å². The number of amides is 1. The van der Waals surface area contributed by atoms with E-state index >= 15 is 0 Å². The minimum atomic E-state index is -4.62. The Bertz CT molecular complexity index is 1430. The fraction of sp³-hybridized carbons (Fsp3) is 0.464. The van der Waals surface area contributed by atoms with Gasteiger partial charge >= 0.3 is 6.18 Å². The van der Waals surface area contributed by atoms with E-state index in [1.807, 2.05) is 29.8 Å². The predicted octanol–water partition coefficient (Wildman–Crippen LogP) is 4.44. The molecule has 1 atom stereocenters. The number of likely N-dealkylation sites (tertiary alicyclic amines) is 1. The van der Waals surface area contributed by atoms with Gasteiger partial charge in [0.2, 0.25) is 0 Å². The number of anilines is 1. The average molecular weight is 544 g/mol. The molecular weight excluding hydrogens is 514 g/mol. The first-order chi connectivity index (χ1) is 18.4. The third-order valence-electron chi connectivity index (χ3n) is 8.14. The molecule has 6 rings (SSSR count). The van der Waals surface area contributed by atoms with E-state index in [9.17, 15) is 22.4 Å². The van der Waals surface area contributed by atoms with E-state index in [2.05, 4.69) is 10.2 Å². The Kier molecular flexibility index (Phi) is 6.07. The Hall–Kier alpha value is -3.31. The number of carbonyl (C=O) groups is 1. The summed E-state index contributed by atoms with van der Waals surface area (Å²) in [6.45, 7) is 3.02. The number of aryl methyl sites for hydroxylation is 1. The fourth-order valence-corrected chi connectivity index (χ4v) is 5.92. The van der Waals surface area contributed by atoms with Crippen LogP contribution in [0.15, 0.2) is 42.7 Å². The molecule has 4 heterocycles. The second kappa shape index (κ2) is 9.12. The van der Waals surface area contributed by atoms with Gasteiger partial charge < -0.3 is 14.2 Å². The van der Waals surface area contributed by atoms with Gasteiger partial charge in [-0.05, 0) is 54.3 Å². The zero-order valence-corrected chi connectivity index (χ0v) is 21.8. The van der Waals surface area contributed by atoms with Gasteiger partial charge in [0.15, 0.2) is 0 Å². The lowest BCUT2D eigenvalue weighted by Gasteiger charge is -2.42. The van der Waals surface area contributed by atoms with Gasteiger partial charge in [-0.15, -0.1) is 10.2 Å². The molecule has 0 bridgehead atoms. The first kappa shape index (κ1) is 25.9. The Morgan fingerprint density at radius 3 is 2.56 bits per heavy atom. The highest BCUT2D eigenvalue weighted by Crippen LogP contribution is 2.42. The smallest absolute Gasteiger partial charge is 0.379 e. The maximum atomic E-state index is 14.3. The fourth-order valence-electron chi connectivity index (χ4n) is 5.92. The van der Waals surface area contributed by atoms with Crippen LogP contribution in [-0.4, -0.2) is 57.5 Å². The number of hydrogen-bond acceptors (Lipinski definition) is 5. The molecule has 1 amide bonds. The van der Waals surface area contributed by atoms with E-state index in [1.165, 1.54) is 11.8 Å². The van der Waals surface area contributed by atoms with E-state index in [-0.39, 0.29) is 36.2 Å². The van der Waals surface area contributed by atoms with Crippen molar-refractivity contribution in [1.82, 2.24) is 19.7 Å². The van der Waals surface area contributed by atoms with Crippen molar-refractivity contribution < 1.29 is 27.1 Å². The Morgan fingerprint density at radius 1 is 1.15 bits per heavy atom. The molecule has 2 fully saturated rings. The predicted molar refractivity (Wildman–Crippen MR) is 135 cm³/mol. The van der Waals surface area contributed by atoms with Gasteiger partial charge in [0.05, 0.1) is 25.3 Å². The molecule has 206 valence electrons. The number of benzene rings is 2. The zero-order chi connectivity index (χ0) is 27.6. The van der Waals surface area contributed by atoms with E-state index in [0.29, 0.717) is 43.9 Å². The summed E-state index contributed by atoms with van der Waals surface area (Å²) in [6.07, 6.45) is -2.08. The Balaban J connectivity index is 1.31. The molecule has 0 radical (unpaired) electrons. The summed E-state index contributed by atoms with van der Waals surface area (Å²) >= 11 is 0. The van der Waals surface area contributed by atoms with Crippen molar-refractivity contribution in [1.29, 1.82) is 0 Å². The molecule has 0 N–H and O–H groups in total. The molecule has 2 aromatic carbocycles. The van der Waals surface area contributed by atoms with Crippen LogP contribution in [0.1, 0.15) is 51.8 Å². The number of halogens is 4. The van der Waals surface area contributed by atoms with Crippen molar-refractivity contribution in [3.05, 3.63) is 76.4 Å². The van der Waals surface area contributed by atoms with Crippen LogP contribution >= 0.6 is 0 Å². The van der Waals surface area contributed by atoms with Crippen molar-refractivity contribution in [2.24, 2.45) is 7.05 Å². The number of aromatic nitrogens is 3. The first-order valence-electron chi connectivity index (χ1n) is 12.9. The first-order valence-corrected chi connectivity index (χ1v) is 12.9. The SMILES string of the molecule is Cn1cnnc1CC1(c2cccc(N3Cc4c(cc(CN5CCC(C)(F)C5)cc4C(F)(F)F)C3=O)c2)COC1. The summed E-state index contributed by atoms with van der Waals surface area (Å²) < 4.78 is 64.3. The van der Waals surface area contributed by atoms with Crippen LogP contribution in [0.25, 0.3) is 0 Å². The van der Waals surface area contributed by atoms with Crippen LogP contribution < -0.4 is 4.90 Å². The van der Waals surface area contributed by atoms with Gasteiger partial charge in [-0.3, -0.25) is 9.69 Å². The molecular formula is C28H29F4N5O2. The lowest BCUT2D eigenvalue weighted by molar-refractivity contribution is -0.138. The molecule has 3 aliphatic heterocycles. The maximum absolute atomic E-state index is 14.3. The lowest BCUT2D eigenvalue weighted by atomic mass is 9.75. The van der Waals surface area contributed by atoms with Crippen LogP contribution in [0.4, 0.5) is 23.2 Å². The Labute approximate surface area is 223 Å². The molecule has 2 saturated heterocycles. The summed E-state index contributed by atoms with van der Waals surface area (Å²) in [6, 6.07) is 10.0. The molecule has 0 spiro atoms. The van der Waals surface area contributed by atoms with Gasteiger partial charge in [-0.1, -0.05) is 12.1 Å². The third-order valence-corrected chi connectivity index (χ3v) is 8.14. The lowest BCUT2D eigenvalue weighted by Crippen LogP contribution is -2.49. The summed E-state index contributed by atoms with van der Waals surface area (Å²) in [5.41, 5.74) is -0.702. The summed E-state index contributed by atoms with van der Waals surface area (Å²) in [5, 5.41) is 8.15. The molecule has 0 saturated carbocycles. The zero-order valence-electron chi connectivity index (χ0n) is 21.8. The number of ether oxygens (including phenoxy) is 1. The number of rotatable bonds is 6. The molecule has 1 unspecified atom stereocenters. The standard InChI is InChI=1S/C28H29F4N5O2/c1-26(29)6-7-36(14-26)12-18-8-21-22(23(9-18)28(30,31)32)13-37(25(21)38)20-5-3-4-19(10-20)27(15-39-16-27)11-24-34-33-17-35(24)2/h3-5,8-10,17H,6-7,11-16H2,1-2H3. The van der Waals surface area contributed by atoms with Crippen LogP contribution in [0.2, 0.25) is 0 Å². The minimum absolute atomic E-state index is 0.0285. The van der Waals surface area contributed by atoms with Crippen LogP contribution in [0.3, 0.4) is 0 Å². The van der Waals surface area contributed by atoms with Gasteiger partial charge in [-0.25, -0.2) is 4.39 Å². The van der Waals surface area contributed by atoms with E-state index in [4.69, 9.17) is 4.74 Å². The second-order valence-corrected chi connectivity index (χ2v) is 11.3. The van der Waals surface area contributed by atoms with Gasteiger partial charge in [0.25, 0.3) is 5.91 Å². The van der Waals surface area contributed by atoms with E-state index < -0.39 is 23.3 Å². The van der Waals surface area contributed by atoms with Gasteiger partial charge in [0, 0.05) is 49.8 Å². The van der Waals surface area contributed by atoms with Crippen molar-refractivity contribution in [3.63, 3.8) is 0 Å². The second-order valence-electron chi connectivity index (χ2n) is 11.3. The van der Waals surface area contributed by atoms with E-state index in [1.54, 1.807) is 23.4 Å². The van der Waals surface area contributed by atoms with E-state index in [0.717, 1.165) is 17.5 Å². The molecule has 39 heavy (non-hydrogen) atoms. The maximum Gasteiger partial charge on any atom is 0.416 e. The monoisotopic (exact) mass is 543 g/mol. The third kappa shape index (κ3) is 4.71. The average Bonchev–Trinajstić information content (AvgIpc) is 3.52. The van der Waals surface area contributed by atoms with Crippen molar-refractivity contribution in [3.8, 4) is 0 Å². The Morgan fingerprint density at radius 2 is 1.95 bits per heavy atom.